The number of unbranched alkanes of at least 4 members (excludes halogenated alkanes) is 3. The number of carbonyl (C=O) groups excluding carboxylic acids is 1. The van der Waals surface area contributed by atoms with E-state index in [9.17, 15) is 4.79 Å². The van der Waals surface area contributed by atoms with Crippen molar-refractivity contribution in [3.63, 3.8) is 0 Å². The first kappa shape index (κ1) is 12.4. The van der Waals surface area contributed by atoms with E-state index in [2.05, 4.69) is 4.74 Å². The van der Waals surface area contributed by atoms with Crippen LogP contribution in [0.15, 0.2) is 0 Å². The molecule has 1 atom stereocenters. The van der Waals surface area contributed by atoms with Crippen molar-refractivity contribution in [1.82, 2.24) is 0 Å². The SMILES string of the molecule is COC(=O)C(O)CCCCCCO. The predicted molar refractivity (Wildman–Crippen MR) is 48.2 cm³/mol. The zero-order valence-corrected chi connectivity index (χ0v) is 8.03. The molecule has 0 heterocycles. The number of ether oxygens (including phenoxy) is 1. The third-order valence-electron chi connectivity index (χ3n) is 1.86. The summed E-state index contributed by atoms with van der Waals surface area (Å²) in [5.74, 6) is -0.567. The Balaban J connectivity index is 3.26. The highest BCUT2D eigenvalue weighted by atomic mass is 16.5. The number of methoxy groups -OCH3 is 1. The summed E-state index contributed by atoms with van der Waals surface area (Å²) in [6.45, 7) is 0.208. The number of rotatable bonds is 7. The van der Waals surface area contributed by atoms with Crippen LogP contribution in [0.3, 0.4) is 0 Å². The molecular weight excluding hydrogens is 172 g/mol. The van der Waals surface area contributed by atoms with Gasteiger partial charge in [0.05, 0.1) is 7.11 Å². The van der Waals surface area contributed by atoms with Crippen LogP contribution < -0.4 is 0 Å². The summed E-state index contributed by atoms with van der Waals surface area (Å²) in [4.78, 5) is 10.7. The Morgan fingerprint density at radius 3 is 2.46 bits per heavy atom. The van der Waals surface area contributed by atoms with Crippen LogP contribution in [0.5, 0.6) is 0 Å². The number of hydrogen-bond acceptors (Lipinski definition) is 4. The molecule has 0 bridgehead atoms. The summed E-state index contributed by atoms with van der Waals surface area (Å²) in [6, 6.07) is 0. The first-order chi connectivity index (χ1) is 6.22. The van der Waals surface area contributed by atoms with Crippen molar-refractivity contribution in [3.05, 3.63) is 0 Å². The molecule has 0 radical (unpaired) electrons. The van der Waals surface area contributed by atoms with Gasteiger partial charge in [-0.2, -0.15) is 0 Å². The smallest absolute Gasteiger partial charge is 0.334 e. The van der Waals surface area contributed by atoms with Gasteiger partial charge >= 0.3 is 5.97 Å². The maximum Gasteiger partial charge on any atom is 0.334 e. The van der Waals surface area contributed by atoms with E-state index in [1.54, 1.807) is 0 Å². The highest BCUT2D eigenvalue weighted by Gasteiger charge is 2.13. The van der Waals surface area contributed by atoms with Crippen LogP contribution in [0.1, 0.15) is 32.1 Å². The number of aliphatic hydroxyl groups is 2. The summed E-state index contributed by atoms with van der Waals surface area (Å²) in [5.41, 5.74) is 0. The van der Waals surface area contributed by atoms with Gasteiger partial charge in [-0.15, -0.1) is 0 Å². The molecule has 0 aliphatic heterocycles. The molecule has 0 aromatic rings. The second-order valence-electron chi connectivity index (χ2n) is 2.97. The Kier molecular flexibility index (Phi) is 7.63. The molecule has 0 aliphatic rings. The topological polar surface area (TPSA) is 66.8 Å². The van der Waals surface area contributed by atoms with E-state index in [-0.39, 0.29) is 6.61 Å². The van der Waals surface area contributed by atoms with Crippen LogP contribution in [0.2, 0.25) is 0 Å². The van der Waals surface area contributed by atoms with Crippen molar-refractivity contribution in [2.45, 2.75) is 38.2 Å². The lowest BCUT2D eigenvalue weighted by molar-refractivity contribution is -0.150. The van der Waals surface area contributed by atoms with Crippen LogP contribution in [-0.4, -0.2) is 36.0 Å². The van der Waals surface area contributed by atoms with E-state index in [0.717, 1.165) is 25.7 Å². The Hall–Kier alpha value is -0.610. The Bertz CT molecular complexity index is 136. The van der Waals surface area contributed by atoms with E-state index in [1.807, 2.05) is 0 Å². The van der Waals surface area contributed by atoms with Crippen molar-refractivity contribution in [3.8, 4) is 0 Å². The fourth-order valence-corrected chi connectivity index (χ4v) is 1.06. The first-order valence-corrected chi connectivity index (χ1v) is 4.59. The molecule has 13 heavy (non-hydrogen) atoms. The molecule has 4 nitrogen and oxygen atoms in total. The highest BCUT2D eigenvalue weighted by molar-refractivity contribution is 5.74. The third-order valence-corrected chi connectivity index (χ3v) is 1.86. The molecule has 0 fully saturated rings. The lowest BCUT2D eigenvalue weighted by atomic mass is 10.1. The number of carbonyl (C=O) groups is 1. The maximum absolute atomic E-state index is 10.7. The molecule has 2 N–H and O–H groups in total. The fraction of sp³-hybridized carbons (Fsp3) is 0.889. The number of hydrogen-bond donors (Lipinski definition) is 2. The van der Waals surface area contributed by atoms with E-state index < -0.39 is 12.1 Å². The van der Waals surface area contributed by atoms with Gasteiger partial charge in [-0.25, -0.2) is 4.79 Å². The van der Waals surface area contributed by atoms with Gasteiger partial charge in [0.2, 0.25) is 0 Å². The molecule has 78 valence electrons. The molecule has 0 rings (SSSR count). The minimum absolute atomic E-state index is 0.208. The largest absolute Gasteiger partial charge is 0.467 e. The molecule has 4 heteroatoms. The second-order valence-corrected chi connectivity index (χ2v) is 2.97. The molecular formula is C9H18O4. The van der Waals surface area contributed by atoms with E-state index in [1.165, 1.54) is 7.11 Å². The summed E-state index contributed by atoms with van der Waals surface area (Å²) in [7, 11) is 1.26. The Morgan fingerprint density at radius 2 is 1.92 bits per heavy atom. The molecule has 0 aromatic carbocycles. The van der Waals surface area contributed by atoms with E-state index in [4.69, 9.17) is 10.2 Å². The fourth-order valence-electron chi connectivity index (χ4n) is 1.06. The number of aliphatic hydroxyl groups excluding tert-OH is 2. The molecule has 0 spiro atoms. The predicted octanol–water partition coefficient (Wildman–Crippen LogP) is 0.463. The van der Waals surface area contributed by atoms with E-state index >= 15 is 0 Å². The van der Waals surface area contributed by atoms with E-state index in [0.29, 0.717) is 6.42 Å². The summed E-state index contributed by atoms with van der Waals surface area (Å²) < 4.78 is 4.36. The zero-order valence-electron chi connectivity index (χ0n) is 8.03. The summed E-state index contributed by atoms with van der Waals surface area (Å²) in [5, 5.41) is 17.6. The van der Waals surface area contributed by atoms with Crippen LogP contribution >= 0.6 is 0 Å². The van der Waals surface area contributed by atoms with Gasteiger partial charge in [0.25, 0.3) is 0 Å². The van der Waals surface area contributed by atoms with Gasteiger partial charge in [0, 0.05) is 6.61 Å². The normalized spacial score (nSPS) is 12.5. The Labute approximate surface area is 78.5 Å². The molecule has 0 amide bonds. The minimum atomic E-state index is -0.987. The van der Waals surface area contributed by atoms with Crippen LogP contribution in [0.25, 0.3) is 0 Å². The van der Waals surface area contributed by atoms with Gasteiger partial charge < -0.3 is 14.9 Å². The van der Waals surface area contributed by atoms with Crippen molar-refractivity contribution < 1.29 is 19.7 Å². The Morgan fingerprint density at radius 1 is 1.31 bits per heavy atom. The number of esters is 1. The average Bonchev–Trinajstić information content (AvgIpc) is 2.16. The van der Waals surface area contributed by atoms with Crippen LogP contribution in [0.4, 0.5) is 0 Å². The van der Waals surface area contributed by atoms with Crippen LogP contribution in [0, 0.1) is 0 Å². The van der Waals surface area contributed by atoms with Gasteiger partial charge in [-0.05, 0) is 12.8 Å². The van der Waals surface area contributed by atoms with Gasteiger partial charge in [0.15, 0.2) is 6.10 Å². The summed E-state index contributed by atoms with van der Waals surface area (Å²) >= 11 is 0. The monoisotopic (exact) mass is 190 g/mol. The van der Waals surface area contributed by atoms with Crippen molar-refractivity contribution >= 4 is 5.97 Å². The van der Waals surface area contributed by atoms with Crippen molar-refractivity contribution in [2.75, 3.05) is 13.7 Å². The van der Waals surface area contributed by atoms with Gasteiger partial charge in [-0.3, -0.25) is 0 Å². The second kappa shape index (κ2) is 8.01. The standard InChI is InChI=1S/C9H18O4/c1-13-9(12)8(11)6-4-2-3-5-7-10/h8,10-11H,2-7H2,1H3. The van der Waals surface area contributed by atoms with Gasteiger partial charge in [-0.1, -0.05) is 19.3 Å². The lowest BCUT2D eigenvalue weighted by Gasteiger charge is -2.06. The minimum Gasteiger partial charge on any atom is -0.467 e. The van der Waals surface area contributed by atoms with Crippen molar-refractivity contribution in [2.24, 2.45) is 0 Å². The molecule has 1 unspecified atom stereocenters. The average molecular weight is 190 g/mol. The molecule has 0 aliphatic carbocycles. The van der Waals surface area contributed by atoms with Crippen molar-refractivity contribution in [1.29, 1.82) is 0 Å². The molecule has 0 saturated heterocycles. The molecule has 0 saturated carbocycles. The lowest BCUT2D eigenvalue weighted by Crippen LogP contribution is -2.21. The maximum atomic E-state index is 10.7. The summed E-state index contributed by atoms with van der Waals surface area (Å²) in [6.07, 6.45) is 2.89. The zero-order chi connectivity index (χ0) is 10.1. The highest BCUT2D eigenvalue weighted by Crippen LogP contribution is 2.06. The van der Waals surface area contributed by atoms with Gasteiger partial charge in [0.1, 0.15) is 0 Å². The third kappa shape index (κ3) is 6.54. The molecule has 0 aromatic heterocycles. The quantitative estimate of drug-likeness (QED) is 0.452. The van der Waals surface area contributed by atoms with Crippen LogP contribution in [-0.2, 0) is 9.53 Å². The first-order valence-electron chi connectivity index (χ1n) is 4.59.